The molecule has 3 aromatic rings. The number of likely N-dealkylation sites (tertiary alicyclic amines) is 1. The molecule has 5 atom stereocenters. The van der Waals surface area contributed by atoms with E-state index >= 15 is 0 Å². The van der Waals surface area contributed by atoms with Gasteiger partial charge in [0, 0.05) is 91.6 Å². The Labute approximate surface area is 407 Å². The molecular weight excluding hydrogens is 871 g/mol. The molecule has 0 saturated carbocycles. The molecule has 69 heavy (non-hydrogen) atoms. The molecule has 5 unspecified atom stereocenters. The van der Waals surface area contributed by atoms with Crippen LogP contribution in [0.1, 0.15) is 131 Å². The second-order valence-electron chi connectivity index (χ2n) is 20.0. The first kappa shape index (κ1) is 51.6. The third-order valence-corrected chi connectivity index (χ3v) is 12.4. The van der Waals surface area contributed by atoms with E-state index in [2.05, 4.69) is 99.1 Å². The number of carbonyl (C=O) groups excluding carboxylic acids is 3. The minimum absolute atomic E-state index is 0.00835. The van der Waals surface area contributed by atoms with Crippen LogP contribution in [-0.2, 0) is 11.3 Å². The molecule has 3 aliphatic heterocycles. The molecule has 4 N–H and O–H groups in total. The van der Waals surface area contributed by atoms with Crippen LogP contribution in [0.2, 0.25) is 0 Å². The molecule has 0 spiro atoms. The molecule has 366 valence electrons. The number of hydrogen-bond acceptors (Lipinski definition) is 14. The Balaban J connectivity index is 1.23. The van der Waals surface area contributed by atoms with E-state index in [1.165, 1.54) is 0 Å². The highest BCUT2D eigenvalue weighted by Gasteiger charge is 2.31. The number of aromatic nitrogens is 2. The van der Waals surface area contributed by atoms with Crippen molar-refractivity contribution in [3.63, 3.8) is 0 Å². The van der Waals surface area contributed by atoms with Gasteiger partial charge in [-0.25, -0.2) is 9.78 Å². The van der Waals surface area contributed by atoms with Crippen molar-refractivity contribution < 1.29 is 19.1 Å². The third kappa shape index (κ3) is 14.1. The maximum atomic E-state index is 14.1. The van der Waals surface area contributed by atoms with Gasteiger partial charge in [-0.2, -0.15) is 15.5 Å². The molecule has 0 radical (unpaired) electrons. The van der Waals surface area contributed by atoms with Gasteiger partial charge in [-0.05, 0) is 115 Å². The number of nitrogens with one attached hydrogen (secondary N) is 4. The predicted octanol–water partition coefficient (Wildman–Crippen LogP) is 7.07. The molecule has 0 bridgehead atoms. The van der Waals surface area contributed by atoms with Gasteiger partial charge >= 0.3 is 6.09 Å². The lowest BCUT2D eigenvalue weighted by Crippen LogP contribution is -2.50. The fraction of sp³-hybridized carbons (Fsp3) is 0.500. The number of hydrazine groups is 2. The zero-order valence-corrected chi connectivity index (χ0v) is 41.8. The molecule has 4 heterocycles. The standard InChI is InChI=1S/C52H69N13O4/c1-33(2)30-64(47-35(4)28-55-45(26-53)58-47)60-50(67)42-19-17-40(18-20-42)44(62-23-21-43(22-24-62)57-51(68)69-52(8,9)10)25-34(3)31-65(48-36(5)29-56-46(27-54)59-48)61-49(66)41-15-13-39(14-16-41)32-63-37(6)11-12-38(63)7/h11-20,28-29,33-34,37-38,43-45,58H,21-25,30-32H2,1-10H3,(H,57,68)(H,60,67)(H,61,66). The van der Waals surface area contributed by atoms with E-state index in [0.29, 0.717) is 85.9 Å². The second-order valence-corrected chi connectivity index (χ2v) is 20.0. The molecule has 1 aromatic heterocycles. The molecule has 3 amide bonds. The van der Waals surface area contributed by atoms with Crippen molar-refractivity contribution >= 4 is 29.9 Å². The number of nitrogens with zero attached hydrogens (tertiary/aromatic N) is 9. The Hall–Kier alpha value is -6.82. The summed E-state index contributed by atoms with van der Waals surface area (Å²) in [5.74, 6) is 0.569. The van der Waals surface area contributed by atoms with Crippen LogP contribution in [-0.4, -0.2) is 105 Å². The van der Waals surface area contributed by atoms with Crippen LogP contribution in [0, 0.1) is 41.4 Å². The number of hydrogen-bond donors (Lipinski definition) is 4. The van der Waals surface area contributed by atoms with Crippen LogP contribution < -0.4 is 26.5 Å². The van der Waals surface area contributed by atoms with Gasteiger partial charge in [0.25, 0.3) is 11.8 Å². The quantitative estimate of drug-likeness (QED) is 0.0790. The van der Waals surface area contributed by atoms with E-state index in [1.54, 1.807) is 22.4 Å². The number of allylic oxidation sites excluding steroid dienone is 1. The van der Waals surface area contributed by atoms with Crippen LogP contribution in [0.5, 0.6) is 0 Å². The van der Waals surface area contributed by atoms with Crippen LogP contribution in [0.25, 0.3) is 0 Å². The van der Waals surface area contributed by atoms with Crippen LogP contribution >= 0.6 is 0 Å². The van der Waals surface area contributed by atoms with Crippen molar-refractivity contribution in [2.45, 2.75) is 131 Å². The molecule has 3 aliphatic rings. The highest BCUT2D eigenvalue weighted by atomic mass is 16.6. The maximum Gasteiger partial charge on any atom is 0.407 e. The first-order valence-corrected chi connectivity index (χ1v) is 24.0. The predicted molar refractivity (Wildman–Crippen MR) is 266 cm³/mol. The zero-order chi connectivity index (χ0) is 50.0. The van der Waals surface area contributed by atoms with Gasteiger partial charge in [-0.15, -0.1) is 0 Å². The lowest BCUT2D eigenvalue weighted by atomic mass is 9.91. The Kier molecular flexibility index (Phi) is 17.2. The van der Waals surface area contributed by atoms with Gasteiger partial charge < -0.3 is 15.4 Å². The smallest absolute Gasteiger partial charge is 0.407 e. The van der Waals surface area contributed by atoms with E-state index in [9.17, 15) is 24.9 Å². The number of alkyl carbamates (subject to hydrolysis) is 1. The number of aliphatic imine (C=N–C) groups is 1. The van der Waals surface area contributed by atoms with Crippen molar-refractivity contribution in [3.8, 4) is 12.1 Å². The number of amides is 3. The lowest BCUT2D eigenvalue weighted by molar-refractivity contribution is 0.0462. The van der Waals surface area contributed by atoms with Crippen molar-refractivity contribution in [3.05, 3.63) is 112 Å². The number of aryl methyl sites for hydroxylation is 1. The number of carbonyl (C=O) groups is 3. The first-order valence-electron chi connectivity index (χ1n) is 24.0. The van der Waals surface area contributed by atoms with E-state index in [0.717, 1.165) is 23.2 Å². The molecule has 1 fully saturated rings. The molecule has 0 aliphatic carbocycles. The van der Waals surface area contributed by atoms with Crippen molar-refractivity contribution in [1.29, 1.82) is 10.5 Å². The Morgan fingerprint density at radius 2 is 1.51 bits per heavy atom. The summed E-state index contributed by atoms with van der Waals surface area (Å²) in [5, 5.41) is 29.0. The number of anilines is 1. The molecular formula is C52H69N13O4. The SMILES string of the molecule is CC1=C(N(CC(C)C)NC(=O)c2ccc(C(CC(C)CN(NC(=O)c3ccc(CN4C(C)C=CC4C)cc3)c3nc(C#N)ncc3C)N3CCC(NC(=O)OC(C)(C)C)CC3)cc2)NC(C#N)N=C1. The average molecular weight is 940 g/mol. The summed E-state index contributed by atoms with van der Waals surface area (Å²) in [5.41, 5.74) is 10.1. The highest BCUT2D eigenvalue weighted by Crippen LogP contribution is 2.32. The highest BCUT2D eigenvalue weighted by molar-refractivity contribution is 5.95. The molecule has 2 aromatic carbocycles. The van der Waals surface area contributed by atoms with Crippen molar-refractivity contribution in [2.24, 2.45) is 16.8 Å². The monoisotopic (exact) mass is 940 g/mol. The molecule has 17 nitrogen and oxygen atoms in total. The second kappa shape index (κ2) is 23.0. The van der Waals surface area contributed by atoms with Gasteiger partial charge in [0.1, 0.15) is 23.6 Å². The summed E-state index contributed by atoms with van der Waals surface area (Å²) in [6, 6.07) is 20.0. The third-order valence-electron chi connectivity index (χ3n) is 12.4. The van der Waals surface area contributed by atoms with Gasteiger partial charge in [0.15, 0.2) is 5.82 Å². The normalized spacial score (nSPS) is 19.5. The van der Waals surface area contributed by atoms with Gasteiger partial charge in [-0.3, -0.25) is 45.3 Å². The number of nitriles is 2. The Morgan fingerprint density at radius 1 is 0.899 bits per heavy atom. The summed E-state index contributed by atoms with van der Waals surface area (Å²) in [6.45, 7) is 22.9. The fourth-order valence-electron chi connectivity index (χ4n) is 8.89. The summed E-state index contributed by atoms with van der Waals surface area (Å²) in [7, 11) is 0. The van der Waals surface area contributed by atoms with E-state index in [-0.39, 0.29) is 41.6 Å². The minimum atomic E-state index is -0.760. The van der Waals surface area contributed by atoms with E-state index < -0.39 is 17.9 Å². The summed E-state index contributed by atoms with van der Waals surface area (Å²) in [4.78, 5) is 58.5. The fourth-order valence-corrected chi connectivity index (χ4v) is 8.89. The number of benzene rings is 2. The Bertz CT molecular complexity index is 2450. The van der Waals surface area contributed by atoms with E-state index in [4.69, 9.17) is 4.74 Å². The van der Waals surface area contributed by atoms with E-state index in [1.807, 2.05) is 89.2 Å². The summed E-state index contributed by atoms with van der Waals surface area (Å²) in [6.07, 6.45) is 8.54. The Morgan fingerprint density at radius 3 is 2.09 bits per heavy atom. The van der Waals surface area contributed by atoms with Crippen molar-refractivity contribution in [2.75, 3.05) is 31.2 Å². The number of piperidine rings is 1. The first-order chi connectivity index (χ1) is 32.8. The lowest BCUT2D eigenvalue weighted by Gasteiger charge is -2.40. The average Bonchev–Trinajstić information content (AvgIpc) is 3.62. The molecule has 1 saturated heterocycles. The van der Waals surface area contributed by atoms with Gasteiger partial charge in [0.05, 0.1) is 0 Å². The topological polar surface area (TPSA) is 207 Å². The van der Waals surface area contributed by atoms with Crippen LogP contribution in [0.3, 0.4) is 0 Å². The maximum absolute atomic E-state index is 14.1. The largest absolute Gasteiger partial charge is 0.444 e. The molecule has 6 rings (SSSR count). The summed E-state index contributed by atoms with van der Waals surface area (Å²) >= 11 is 0. The van der Waals surface area contributed by atoms with Crippen molar-refractivity contribution in [1.82, 2.24) is 46.3 Å². The zero-order valence-electron chi connectivity index (χ0n) is 41.8. The number of ether oxygens (including phenoxy) is 1. The van der Waals surface area contributed by atoms with Gasteiger partial charge in [-0.1, -0.05) is 57.2 Å². The molecule has 17 heteroatoms. The van der Waals surface area contributed by atoms with Crippen LogP contribution in [0.4, 0.5) is 10.6 Å². The van der Waals surface area contributed by atoms with Crippen LogP contribution in [0.15, 0.2) is 83.3 Å². The number of rotatable bonds is 17. The summed E-state index contributed by atoms with van der Waals surface area (Å²) < 4.78 is 5.56. The van der Waals surface area contributed by atoms with Gasteiger partial charge in [0.2, 0.25) is 12.0 Å². The minimum Gasteiger partial charge on any atom is -0.444 e.